The van der Waals surface area contributed by atoms with Crippen LogP contribution < -0.4 is 5.73 Å². The highest BCUT2D eigenvalue weighted by Crippen LogP contribution is 2.14. The lowest BCUT2D eigenvalue weighted by Gasteiger charge is -2.27. The summed E-state index contributed by atoms with van der Waals surface area (Å²) >= 11 is 0. The second kappa shape index (κ2) is 7.51. The summed E-state index contributed by atoms with van der Waals surface area (Å²) in [6, 6.07) is 2.68. The molecule has 1 unspecified atom stereocenters. The fraction of sp³-hybridized carbons (Fsp3) is 0.714. The van der Waals surface area contributed by atoms with E-state index in [1.165, 1.54) is 19.3 Å². The highest BCUT2D eigenvalue weighted by atomic mass is 16.3. The summed E-state index contributed by atoms with van der Waals surface area (Å²) in [5, 5.41) is 0. The minimum absolute atomic E-state index is 0.557. The molecular formula is C14H26N2O. The number of hydrogen-bond donors (Lipinski definition) is 1. The molecule has 2 N–H and O–H groups in total. The standard InChI is InChI=1S/C14H26N2O/c1-4-6-7-16(12(3)5-2)10-14-8-13(9-15)11-17-14/h8,11-12H,4-7,9-10,15H2,1-3H3. The molecule has 0 aliphatic rings. The summed E-state index contributed by atoms with van der Waals surface area (Å²) in [7, 11) is 0. The number of rotatable bonds is 8. The third-order valence-corrected chi connectivity index (χ3v) is 3.32. The van der Waals surface area contributed by atoms with Crippen LogP contribution in [0.4, 0.5) is 0 Å². The molecular weight excluding hydrogens is 212 g/mol. The van der Waals surface area contributed by atoms with Gasteiger partial charge in [0.1, 0.15) is 5.76 Å². The van der Waals surface area contributed by atoms with Crippen molar-refractivity contribution >= 4 is 0 Å². The maximum absolute atomic E-state index is 5.59. The quantitative estimate of drug-likeness (QED) is 0.756. The van der Waals surface area contributed by atoms with E-state index in [0.29, 0.717) is 12.6 Å². The summed E-state index contributed by atoms with van der Waals surface area (Å²) in [6.45, 7) is 9.34. The minimum atomic E-state index is 0.557. The summed E-state index contributed by atoms with van der Waals surface area (Å²) in [6.07, 6.45) is 5.42. The number of furan rings is 1. The van der Waals surface area contributed by atoms with Crippen molar-refractivity contribution in [1.82, 2.24) is 4.90 Å². The first-order chi connectivity index (χ1) is 8.21. The molecule has 0 aromatic carbocycles. The zero-order valence-electron chi connectivity index (χ0n) is 11.4. The molecule has 0 spiro atoms. The van der Waals surface area contributed by atoms with Crippen LogP contribution in [0.15, 0.2) is 16.7 Å². The van der Waals surface area contributed by atoms with Gasteiger partial charge in [-0.25, -0.2) is 0 Å². The third kappa shape index (κ3) is 4.52. The zero-order valence-corrected chi connectivity index (χ0v) is 11.4. The van der Waals surface area contributed by atoms with Gasteiger partial charge in [-0.05, 0) is 32.4 Å². The van der Waals surface area contributed by atoms with Crippen LogP contribution in [0.3, 0.4) is 0 Å². The molecule has 3 nitrogen and oxygen atoms in total. The Bertz CT molecular complexity index is 309. The van der Waals surface area contributed by atoms with E-state index in [4.69, 9.17) is 10.2 Å². The number of unbranched alkanes of at least 4 members (excludes halogenated alkanes) is 1. The maximum Gasteiger partial charge on any atom is 0.118 e. The molecule has 0 radical (unpaired) electrons. The van der Waals surface area contributed by atoms with Crippen molar-refractivity contribution < 1.29 is 4.42 Å². The molecule has 3 heteroatoms. The van der Waals surface area contributed by atoms with Crippen molar-refractivity contribution in [3.05, 3.63) is 23.7 Å². The van der Waals surface area contributed by atoms with Crippen LogP contribution in [0.1, 0.15) is 51.4 Å². The van der Waals surface area contributed by atoms with Crippen LogP contribution in [0.5, 0.6) is 0 Å². The predicted molar refractivity (Wildman–Crippen MR) is 71.7 cm³/mol. The molecule has 0 aliphatic carbocycles. The van der Waals surface area contributed by atoms with Crippen molar-refractivity contribution in [3.8, 4) is 0 Å². The molecule has 0 fully saturated rings. The Hall–Kier alpha value is -0.800. The first kappa shape index (κ1) is 14.3. The van der Waals surface area contributed by atoms with E-state index >= 15 is 0 Å². The van der Waals surface area contributed by atoms with Crippen LogP contribution in [0.2, 0.25) is 0 Å². The first-order valence-electron chi connectivity index (χ1n) is 6.71. The Morgan fingerprint density at radius 3 is 2.71 bits per heavy atom. The Balaban J connectivity index is 2.57. The van der Waals surface area contributed by atoms with Gasteiger partial charge in [0, 0.05) is 18.2 Å². The van der Waals surface area contributed by atoms with Crippen LogP contribution in [-0.2, 0) is 13.1 Å². The highest BCUT2D eigenvalue weighted by Gasteiger charge is 2.13. The average molecular weight is 238 g/mol. The summed E-state index contributed by atoms with van der Waals surface area (Å²) in [4.78, 5) is 2.49. The van der Waals surface area contributed by atoms with E-state index in [-0.39, 0.29) is 0 Å². The van der Waals surface area contributed by atoms with E-state index < -0.39 is 0 Å². The second-order valence-electron chi connectivity index (χ2n) is 4.71. The SMILES string of the molecule is CCCCN(Cc1cc(CN)co1)C(C)CC. The fourth-order valence-corrected chi connectivity index (χ4v) is 1.89. The molecule has 1 aromatic rings. The van der Waals surface area contributed by atoms with E-state index in [1.54, 1.807) is 6.26 Å². The van der Waals surface area contributed by atoms with Gasteiger partial charge in [0.25, 0.3) is 0 Å². The van der Waals surface area contributed by atoms with Crippen LogP contribution in [0, 0.1) is 0 Å². The van der Waals surface area contributed by atoms with Gasteiger partial charge in [-0.2, -0.15) is 0 Å². The van der Waals surface area contributed by atoms with Crippen molar-refractivity contribution in [2.45, 2.75) is 59.2 Å². The molecule has 0 amide bonds. The highest BCUT2D eigenvalue weighted by molar-refractivity contribution is 5.12. The second-order valence-corrected chi connectivity index (χ2v) is 4.71. The van der Waals surface area contributed by atoms with Crippen LogP contribution in [-0.4, -0.2) is 17.5 Å². The van der Waals surface area contributed by atoms with Gasteiger partial charge in [0.05, 0.1) is 12.8 Å². The summed E-state index contributed by atoms with van der Waals surface area (Å²) < 4.78 is 5.54. The lowest BCUT2D eigenvalue weighted by molar-refractivity contribution is 0.178. The molecule has 0 saturated carbocycles. The molecule has 1 aromatic heterocycles. The van der Waals surface area contributed by atoms with Crippen LogP contribution in [0.25, 0.3) is 0 Å². The Labute approximate surface area is 105 Å². The Morgan fingerprint density at radius 2 is 2.18 bits per heavy atom. The molecule has 1 atom stereocenters. The Kier molecular flexibility index (Phi) is 6.30. The topological polar surface area (TPSA) is 42.4 Å². The zero-order chi connectivity index (χ0) is 12.7. The van der Waals surface area contributed by atoms with Crippen LogP contribution >= 0.6 is 0 Å². The largest absolute Gasteiger partial charge is 0.468 e. The normalized spacial score (nSPS) is 13.2. The number of nitrogens with two attached hydrogens (primary N) is 1. The molecule has 98 valence electrons. The van der Waals surface area contributed by atoms with Gasteiger partial charge in [-0.3, -0.25) is 4.90 Å². The lowest BCUT2D eigenvalue weighted by atomic mass is 10.2. The fourth-order valence-electron chi connectivity index (χ4n) is 1.89. The minimum Gasteiger partial charge on any atom is -0.468 e. The first-order valence-corrected chi connectivity index (χ1v) is 6.71. The smallest absolute Gasteiger partial charge is 0.118 e. The van der Waals surface area contributed by atoms with Crippen molar-refractivity contribution in [1.29, 1.82) is 0 Å². The van der Waals surface area contributed by atoms with Gasteiger partial charge in [-0.1, -0.05) is 20.3 Å². The van der Waals surface area contributed by atoms with E-state index in [9.17, 15) is 0 Å². The lowest BCUT2D eigenvalue weighted by Crippen LogP contribution is -2.32. The summed E-state index contributed by atoms with van der Waals surface area (Å²) in [5.74, 6) is 1.03. The Morgan fingerprint density at radius 1 is 1.41 bits per heavy atom. The summed E-state index contributed by atoms with van der Waals surface area (Å²) in [5.41, 5.74) is 6.67. The monoisotopic (exact) mass is 238 g/mol. The number of hydrogen-bond acceptors (Lipinski definition) is 3. The molecule has 17 heavy (non-hydrogen) atoms. The van der Waals surface area contributed by atoms with Crippen molar-refractivity contribution in [2.75, 3.05) is 6.54 Å². The van der Waals surface area contributed by atoms with E-state index in [1.807, 2.05) is 0 Å². The van der Waals surface area contributed by atoms with Gasteiger partial charge in [0.2, 0.25) is 0 Å². The maximum atomic E-state index is 5.59. The molecule has 1 heterocycles. The predicted octanol–water partition coefficient (Wildman–Crippen LogP) is 3.14. The van der Waals surface area contributed by atoms with Gasteiger partial charge in [0.15, 0.2) is 0 Å². The number of nitrogens with zero attached hydrogens (tertiary/aromatic N) is 1. The third-order valence-electron chi connectivity index (χ3n) is 3.32. The van der Waals surface area contributed by atoms with Gasteiger partial charge < -0.3 is 10.2 Å². The molecule has 1 rings (SSSR count). The molecule has 0 aliphatic heterocycles. The van der Waals surface area contributed by atoms with E-state index in [2.05, 4.69) is 31.7 Å². The molecule has 0 saturated heterocycles. The van der Waals surface area contributed by atoms with Crippen molar-refractivity contribution in [3.63, 3.8) is 0 Å². The van der Waals surface area contributed by atoms with Gasteiger partial charge in [-0.15, -0.1) is 0 Å². The van der Waals surface area contributed by atoms with Crippen molar-refractivity contribution in [2.24, 2.45) is 5.73 Å². The van der Waals surface area contributed by atoms with E-state index in [0.717, 1.165) is 24.4 Å². The van der Waals surface area contributed by atoms with Gasteiger partial charge >= 0.3 is 0 Å². The molecule has 0 bridgehead atoms. The average Bonchev–Trinajstić information content (AvgIpc) is 2.81.